The summed E-state index contributed by atoms with van der Waals surface area (Å²) in [5.41, 5.74) is 2.59. The summed E-state index contributed by atoms with van der Waals surface area (Å²) in [5.74, 6) is 0.814. The zero-order valence-corrected chi connectivity index (χ0v) is 17.5. The second-order valence-electron chi connectivity index (χ2n) is 9.60. The standard InChI is InChI=1S/C23H30N4O2/c1-23(2,3)11-21(28)26-13-16-10-17(15-26)20-8-7-19(22(29)27(20)14-16)25-12-18-6-4-5-9-24-18/h4-9,16-17,25H,10-15H2,1-3H3/t16-,17-/m1/s1. The Morgan fingerprint density at radius 3 is 2.72 bits per heavy atom. The number of carbonyl (C=O) groups is 1. The second-order valence-corrected chi connectivity index (χ2v) is 9.60. The van der Waals surface area contributed by atoms with E-state index in [-0.39, 0.29) is 22.8 Å². The molecular weight excluding hydrogens is 364 g/mol. The third-order valence-corrected chi connectivity index (χ3v) is 5.82. The van der Waals surface area contributed by atoms with Crippen LogP contribution in [0.1, 0.15) is 50.9 Å². The number of nitrogens with one attached hydrogen (secondary N) is 1. The first kappa shape index (κ1) is 19.7. The molecule has 29 heavy (non-hydrogen) atoms. The Kier molecular flexibility index (Phi) is 5.19. The number of anilines is 1. The molecule has 4 heterocycles. The van der Waals surface area contributed by atoms with Gasteiger partial charge < -0.3 is 14.8 Å². The molecule has 2 aromatic heterocycles. The fourth-order valence-corrected chi connectivity index (χ4v) is 4.54. The zero-order valence-electron chi connectivity index (χ0n) is 17.5. The number of piperidine rings is 1. The third-order valence-electron chi connectivity index (χ3n) is 5.82. The Labute approximate surface area is 172 Å². The van der Waals surface area contributed by atoms with Gasteiger partial charge in [0.25, 0.3) is 5.56 Å². The van der Waals surface area contributed by atoms with E-state index in [1.807, 2.05) is 33.7 Å². The van der Waals surface area contributed by atoms with Crippen LogP contribution in [0.25, 0.3) is 0 Å². The lowest BCUT2D eigenvalue weighted by Gasteiger charge is -2.43. The van der Waals surface area contributed by atoms with Crippen molar-refractivity contribution in [3.05, 3.63) is 58.3 Å². The number of aromatic nitrogens is 2. The molecule has 0 aliphatic carbocycles. The predicted molar refractivity (Wildman–Crippen MR) is 114 cm³/mol. The maximum absolute atomic E-state index is 13.1. The zero-order chi connectivity index (χ0) is 20.6. The van der Waals surface area contributed by atoms with Crippen LogP contribution in [0.15, 0.2) is 41.3 Å². The molecule has 0 aromatic carbocycles. The fraction of sp³-hybridized carbons (Fsp3) is 0.522. The van der Waals surface area contributed by atoms with Crippen LogP contribution >= 0.6 is 0 Å². The summed E-state index contributed by atoms with van der Waals surface area (Å²) < 4.78 is 1.92. The number of pyridine rings is 2. The van der Waals surface area contributed by atoms with Crippen LogP contribution in [0.4, 0.5) is 5.69 Å². The molecule has 2 aliphatic heterocycles. The molecule has 154 valence electrons. The van der Waals surface area contributed by atoms with E-state index in [9.17, 15) is 9.59 Å². The molecule has 1 N–H and O–H groups in total. The summed E-state index contributed by atoms with van der Waals surface area (Å²) in [7, 11) is 0. The van der Waals surface area contributed by atoms with Gasteiger partial charge in [-0.2, -0.15) is 0 Å². The summed E-state index contributed by atoms with van der Waals surface area (Å²) in [6.07, 6.45) is 3.37. The van der Waals surface area contributed by atoms with Crippen LogP contribution in [0.3, 0.4) is 0 Å². The van der Waals surface area contributed by atoms with Crippen molar-refractivity contribution in [3.8, 4) is 0 Å². The summed E-state index contributed by atoms with van der Waals surface area (Å²) in [6, 6.07) is 9.70. The number of rotatable bonds is 4. The minimum atomic E-state index is -0.00727. The molecule has 0 radical (unpaired) electrons. The number of carbonyl (C=O) groups excluding carboxylic acids is 1. The molecule has 1 amide bonds. The number of amides is 1. The lowest BCUT2D eigenvalue weighted by Crippen LogP contribution is -2.49. The van der Waals surface area contributed by atoms with E-state index < -0.39 is 0 Å². The normalized spacial score (nSPS) is 20.9. The van der Waals surface area contributed by atoms with Gasteiger partial charge in [-0.15, -0.1) is 0 Å². The number of likely N-dealkylation sites (tertiary alicyclic amines) is 1. The molecule has 0 unspecified atom stereocenters. The van der Waals surface area contributed by atoms with E-state index in [4.69, 9.17) is 0 Å². The molecule has 0 saturated carbocycles. The van der Waals surface area contributed by atoms with Gasteiger partial charge >= 0.3 is 0 Å². The molecule has 2 bridgehead atoms. The quantitative estimate of drug-likeness (QED) is 0.865. The predicted octanol–water partition coefficient (Wildman–Crippen LogP) is 3.24. The van der Waals surface area contributed by atoms with Crippen molar-refractivity contribution < 1.29 is 4.79 Å². The maximum Gasteiger partial charge on any atom is 0.274 e. The number of hydrogen-bond donors (Lipinski definition) is 1. The molecule has 6 nitrogen and oxygen atoms in total. The van der Waals surface area contributed by atoms with Crippen LogP contribution in [0.2, 0.25) is 0 Å². The summed E-state index contributed by atoms with van der Waals surface area (Å²) in [6.45, 7) is 8.98. The van der Waals surface area contributed by atoms with Crippen molar-refractivity contribution in [2.75, 3.05) is 18.4 Å². The van der Waals surface area contributed by atoms with Crippen LogP contribution in [-0.2, 0) is 17.9 Å². The summed E-state index contributed by atoms with van der Waals surface area (Å²) in [4.78, 5) is 32.1. The van der Waals surface area contributed by atoms with Crippen molar-refractivity contribution in [1.82, 2.24) is 14.5 Å². The van der Waals surface area contributed by atoms with E-state index in [1.165, 1.54) is 0 Å². The minimum absolute atomic E-state index is 0.00727. The van der Waals surface area contributed by atoms with Gasteiger partial charge in [-0.3, -0.25) is 14.6 Å². The lowest BCUT2D eigenvalue weighted by atomic mass is 9.82. The van der Waals surface area contributed by atoms with Gasteiger partial charge in [0.15, 0.2) is 0 Å². The highest BCUT2D eigenvalue weighted by atomic mass is 16.2. The Bertz CT molecular complexity index is 946. The average Bonchev–Trinajstić information content (AvgIpc) is 2.67. The van der Waals surface area contributed by atoms with E-state index in [0.29, 0.717) is 37.7 Å². The second kappa shape index (κ2) is 7.65. The van der Waals surface area contributed by atoms with Gasteiger partial charge in [-0.25, -0.2) is 0 Å². The first-order valence-electron chi connectivity index (χ1n) is 10.5. The number of nitrogens with zero attached hydrogens (tertiary/aromatic N) is 3. The van der Waals surface area contributed by atoms with E-state index >= 15 is 0 Å². The molecule has 0 spiro atoms. The molecule has 2 aromatic rings. The first-order chi connectivity index (χ1) is 13.8. The Morgan fingerprint density at radius 2 is 2.00 bits per heavy atom. The largest absolute Gasteiger partial charge is 0.375 e. The van der Waals surface area contributed by atoms with Crippen LogP contribution in [-0.4, -0.2) is 33.4 Å². The van der Waals surface area contributed by atoms with Crippen molar-refractivity contribution in [2.45, 2.75) is 52.6 Å². The molecule has 1 fully saturated rings. The number of fused-ring (bicyclic) bond motifs is 4. The van der Waals surface area contributed by atoms with Gasteiger partial charge in [0.05, 0.1) is 12.2 Å². The van der Waals surface area contributed by atoms with Crippen LogP contribution in [0.5, 0.6) is 0 Å². The highest BCUT2D eigenvalue weighted by Crippen LogP contribution is 2.36. The molecule has 4 rings (SSSR count). The van der Waals surface area contributed by atoms with Crippen molar-refractivity contribution in [2.24, 2.45) is 11.3 Å². The maximum atomic E-state index is 13.1. The van der Waals surface area contributed by atoms with Gasteiger partial charge in [0, 0.05) is 43.9 Å². The average molecular weight is 395 g/mol. The highest BCUT2D eigenvalue weighted by molar-refractivity contribution is 5.77. The van der Waals surface area contributed by atoms with Crippen molar-refractivity contribution >= 4 is 11.6 Å². The molecule has 2 atom stereocenters. The lowest BCUT2D eigenvalue weighted by molar-refractivity contribution is -0.135. The monoisotopic (exact) mass is 394 g/mol. The Balaban J connectivity index is 1.51. The topological polar surface area (TPSA) is 67.2 Å². The van der Waals surface area contributed by atoms with Gasteiger partial charge in [0.2, 0.25) is 5.91 Å². The molecular formula is C23H30N4O2. The van der Waals surface area contributed by atoms with E-state index in [2.05, 4.69) is 37.1 Å². The Hall–Kier alpha value is -2.63. The molecule has 1 saturated heterocycles. The Morgan fingerprint density at radius 1 is 1.17 bits per heavy atom. The van der Waals surface area contributed by atoms with Gasteiger partial charge in [0.1, 0.15) is 5.69 Å². The summed E-state index contributed by atoms with van der Waals surface area (Å²) >= 11 is 0. The van der Waals surface area contributed by atoms with E-state index in [1.54, 1.807) is 6.20 Å². The molecule has 6 heteroatoms. The SMILES string of the molecule is CC(C)(C)CC(=O)N1C[C@H]2C[C@H](C1)c1ccc(NCc3ccccn3)c(=O)n1C2. The van der Waals surface area contributed by atoms with Crippen LogP contribution < -0.4 is 10.9 Å². The molecule has 2 aliphatic rings. The third kappa shape index (κ3) is 4.36. The van der Waals surface area contributed by atoms with Gasteiger partial charge in [-0.1, -0.05) is 26.8 Å². The highest BCUT2D eigenvalue weighted by Gasteiger charge is 2.37. The van der Waals surface area contributed by atoms with Crippen molar-refractivity contribution in [3.63, 3.8) is 0 Å². The van der Waals surface area contributed by atoms with Crippen LogP contribution in [0, 0.1) is 11.3 Å². The fourth-order valence-electron chi connectivity index (χ4n) is 4.54. The van der Waals surface area contributed by atoms with Gasteiger partial charge in [-0.05, 0) is 42.0 Å². The van der Waals surface area contributed by atoms with Crippen molar-refractivity contribution in [1.29, 1.82) is 0 Å². The minimum Gasteiger partial charge on any atom is -0.375 e. The summed E-state index contributed by atoms with van der Waals surface area (Å²) in [5, 5.41) is 3.24. The van der Waals surface area contributed by atoms with E-state index in [0.717, 1.165) is 24.4 Å². The first-order valence-corrected chi connectivity index (χ1v) is 10.5. The smallest absolute Gasteiger partial charge is 0.274 e. The number of hydrogen-bond acceptors (Lipinski definition) is 4.